The van der Waals surface area contributed by atoms with Crippen LogP contribution in [0.5, 0.6) is 5.75 Å². The number of aliphatic carboxylic acids is 1. The summed E-state index contributed by atoms with van der Waals surface area (Å²) in [6.45, 7) is -0.866. The molecule has 3 unspecified atom stereocenters. The highest BCUT2D eigenvalue weighted by molar-refractivity contribution is 5.79. The molecule has 1 aromatic carbocycles. The molecule has 6 heteroatoms. The first-order valence-electron chi connectivity index (χ1n) is 6.95. The maximum absolute atomic E-state index is 12.3. The van der Waals surface area contributed by atoms with Crippen molar-refractivity contribution in [2.45, 2.75) is 38.7 Å². The van der Waals surface area contributed by atoms with Gasteiger partial charge in [0.05, 0.1) is 5.92 Å². The van der Waals surface area contributed by atoms with Crippen LogP contribution in [0.3, 0.4) is 0 Å². The number of carboxylic acids is 1. The summed E-state index contributed by atoms with van der Waals surface area (Å²) in [7, 11) is 0. The third kappa shape index (κ3) is 3.62. The number of anilines is 1. The normalized spacial score (nSPS) is 23.2. The minimum Gasteiger partial charge on any atom is -0.481 e. The van der Waals surface area contributed by atoms with Crippen LogP contribution >= 0.6 is 0 Å². The number of carboxylic acid groups (broad SMARTS) is 1. The molecule has 1 aliphatic rings. The monoisotopic (exact) mass is 299 g/mol. The number of nitrogen functional groups attached to an aromatic ring is 1. The predicted molar refractivity (Wildman–Crippen MR) is 74.4 cm³/mol. The first-order chi connectivity index (χ1) is 9.88. The lowest BCUT2D eigenvalue weighted by atomic mass is 9.83. The zero-order chi connectivity index (χ0) is 15.6. The van der Waals surface area contributed by atoms with Crippen LogP contribution in [0.25, 0.3) is 0 Å². The van der Waals surface area contributed by atoms with Gasteiger partial charge in [-0.15, -0.1) is 0 Å². The second-order valence-electron chi connectivity index (χ2n) is 5.66. The molecule has 0 amide bonds. The fourth-order valence-corrected chi connectivity index (χ4v) is 3.14. The zero-order valence-electron chi connectivity index (χ0n) is 11.8. The number of halogens is 2. The number of nitrogens with two attached hydrogens (primary N) is 1. The van der Waals surface area contributed by atoms with Crippen molar-refractivity contribution in [1.82, 2.24) is 0 Å². The van der Waals surface area contributed by atoms with E-state index >= 15 is 0 Å². The van der Waals surface area contributed by atoms with Gasteiger partial charge in [-0.1, -0.05) is 13.3 Å². The molecule has 116 valence electrons. The van der Waals surface area contributed by atoms with E-state index in [9.17, 15) is 18.7 Å². The molecular weight excluding hydrogens is 280 g/mol. The van der Waals surface area contributed by atoms with Crippen LogP contribution in [-0.2, 0) is 4.79 Å². The van der Waals surface area contributed by atoms with Crippen LogP contribution in [0.1, 0.15) is 37.7 Å². The van der Waals surface area contributed by atoms with Crippen molar-refractivity contribution in [3.05, 3.63) is 23.8 Å². The molecule has 1 saturated carbocycles. The van der Waals surface area contributed by atoms with E-state index in [4.69, 9.17) is 5.73 Å². The SMILES string of the molecule is CC1CCC(C(C(=O)O)c2cc(OC(F)F)ccc2N)C1. The summed E-state index contributed by atoms with van der Waals surface area (Å²) in [4.78, 5) is 11.6. The summed E-state index contributed by atoms with van der Waals surface area (Å²) in [6, 6.07) is 4.06. The van der Waals surface area contributed by atoms with Gasteiger partial charge in [-0.05, 0) is 48.4 Å². The number of alkyl halides is 2. The number of hydrogen-bond acceptors (Lipinski definition) is 3. The number of hydrogen-bond donors (Lipinski definition) is 2. The van der Waals surface area contributed by atoms with Crippen molar-refractivity contribution in [2.24, 2.45) is 11.8 Å². The fraction of sp³-hybridized carbons (Fsp3) is 0.533. The highest BCUT2D eigenvalue weighted by atomic mass is 19.3. The molecule has 1 aromatic rings. The second kappa shape index (κ2) is 6.28. The van der Waals surface area contributed by atoms with Crippen molar-refractivity contribution >= 4 is 11.7 Å². The molecule has 4 nitrogen and oxygen atoms in total. The van der Waals surface area contributed by atoms with Crippen molar-refractivity contribution in [2.75, 3.05) is 5.73 Å². The summed E-state index contributed by atoms with van der Waals surface area (Å²) in [6.07, 6.45) is 2.58. The third-order valence-electron chi connectivity index (χ3n) is 4.09. The third-order valence-corrected chi connectivity index (χ3v) is 4.09. The van der Waals surface area contributed by atoms with Gasteiger partial charge in [0.15, 0.2) is 0 Å². The van der Waals surface area contributed by atoms with E-state index in [0.29, 0.717) is 17.2 Å². The Labute approximate surface area is 121 Å². The molecule has 2 rings (SSSR count). The molecule has 0 aliphatic heterocycles. The number of benzene rings is 1. The maximum atomic E-state index is 12.3. The van der Waals surface area contributed by atoms with Gasteiger partial charge in [-0.2, -0.15) is 8.78 Å². The van der Waals surface area contributed by atoms with Crippen molar-refractivity contribution in [3.63, 3.8) is 0 Å². The minimum atomic E-state index is -2.95. The standard InChI is InChI=1S/C15H19F2NO3/c1-8-2-3-9(6-8)13(14(19)20)11-7-10(21-15(16)17)4-5-12(11)18/h4-5,7-9,13,15H,2-3,6,18H2,1H3,(H,19,20). The summed E-state index contributed by atoms with van der Waals surface area (Å²) in [5.41, 5.74) is 6.51. The Morgan fingerprint density at radius 1 is 1.43 bits per heavy atom. The van der Waals surface area contributed by atoms with E-state index in [2.05, 4.69) is 11.7 Å². The summed E-state index contributed by atoms with van der Waals surface area (Å²) < 4.78 is 28.9. The average Bonchev–Trinajstić information content (AvgIpc) is 2.79. The largest absolute Gasteiger partial charge is 0.481 e. The Morgan fingerprint density at radius 3 is 2.67 bits per heavy atom. The zero-order valence-corrected chi connectivity index (χ0v) is 11.8. The molecule has 0 radical (unpaired) electrons. The van der Waals surface area contributed by atoms with E-state index in [-0.39, 0.29) is 11.7 Å². The number of rotatable bonds is 5. The topological polar surface area (TPSA) is 72.5 Å². The molecule has 0 aromatic heterocycles. The van der Waals surface area contributed by atoms with E-state index < -0.39 is 18.5 Å². The molecule has 0 heterocycles. The van der Waals surface area contributed by atoms with Crippen LogP contribution < -0.4 is 10.5 Å². The first kappa shape index (κ1) is 15.5. The van der Waals surface area contributed by atoms with Gasteiger partial charge < -0.3 is 15.6 Å². The Bertz CT molecular complexity index is 522. The van der Waals surface area contributed by atoms with Gasteiger partial charge in [0.2, 0.25) is 0 Å². The van der Waals surface area contributed by atoms with E-state index in [1.54, 1.807) is 0 Å². The van der Waals surface area contributed by atoms with Crippen LogP contribution in [0, 0.1) is 11.8 Å². The summed E-state index contributed by atoms with van der Waals surface area (Å²) in [5, 5.41) is 9.53. The Hall–Kier alpha value is -1.85. The number of carbonyl (C=O) groups is 1. The smallest absolute Gasteiger partial charge is 0.387 e. The lowest BCUT2D eigenvalue weighted by molar-refractivity contribution is -0.140. The highest BCUT2D eigenvalue weighted by Crippen LogP contribution is 2.42. The van der Waals surface area contributed by atoms with E-state index in [1.165, 1.54) is 18.2 Å². The lowest BCUT2D eigenvalue weighted by Gasteiger charge is -2.22. The minimum absolute atomic E-state index is 0.0263. The van der Waals surface area contributed by atoms with E-state index in [1.807, 2.05) is 0 Å². The van der Waals surface area contributed by atoms with Crippen LogP contribution in [-0.4, -0.2) is 17.7 Å². The van der Waals surface area contributed by atoms with E-state index in [0.717, 1.165) is 19.3 Å². The van der Waals surface area contributed by atoms with Crippen molar-refractivity contribution in [3.8, 4) is 5.75 Å². The summed E-state index contributed by atoms with van der Waals surface area (Å²) in [5.74, 6) is -1.38. The van der Waals surface area contributed by atoms with Crippen molar-refractivity contribution < 1.29 is 23.4 Å². The van der Waals surface area contributed by atoms with Gasteiger partial charge >= 0.3 is 12.6 Å². The molecule has 1 aliphatic carbocycles. The predicted octanol–water partition coefficient (Wildman–Crippen LogP) is 3.47. The van der Waals surface area contributed by atoms with Crippen LogP contribution in [0.4, 0.5) is 14.5 Å². The molecule has 1 fully saturated rings. The Morgan fingerprint density at radius 2 is 2.14 bits per heavy atom. The lowest BCUT2D eigenvalue weighted by Crippen LogP contribution is -2.21. The molecule has 3 atom stereocenters. The van der Waals surface area contributed by atoms with Gasteiger partial charge in [0, 0.05) is 5.69 Å². The second-order valence-corrected chi connectivity index (χ2v) is 5.66. The first-order valence-corrected chi connectivity index (χ1v) is 6.95. The Kier molecular flexibility index (Phi) is 4.65. The summed E-state index contributed by atoms with van der Waals surface area (Å²) >= 11 is 0. The maximum Gasteiger partial charge on any atom is 0.387 e. The molecule has 0 saturated heterocycles. The van der Waals surface area contributed by atoms with Crippen molar-refractivity contribution in [1.29, 1.82) is 0 Å². The van der Waals surface area contributed by atoms with Gasteiger partial charge in [0.25, 0.3) is 0 Å². The quantitative estimate of drug-likeness (QED) is 0.816. The molecule has 3 N–H and O–H groups in total. The average molecular weight is 299 g/mol. The Balaban J connectivity index is 2.33. The van der Waals surface area contributed by atoms with Gasteiger partial charge in [-0.3, -0.25) is 4.79 Å². The molecule has 0 spiro atoms. The molecule has 0 bridgehead atoms. The molecule has 21 heavy (non-hydrogen) atoms. The van der Waals surface area contributed by atoms with Gasteiger partial charge in [-0.25, -0.2) is 0 Å². The fourth-order valence-electron chi connectivity index (χ4n) is 3.14. The van der Waals surface area contributed by atoms with Gasteiger partial charge in [0.1, 0.15) is 5.75 Å². The highest BCUT2D eigenvalue weighted by Gasteiger charge is 2.35. The number of ether oxygens (including phenoxy) is 1. The van der Waals surface area contributed by atoms with Crippen LogP contribution in [0.15, 0.2) is 18.2 Å². The van der Waals surface area contributed by atoms with Crippen LogP contribution in [0.2, 0.25) is 0 Å². The molecular formula is C15H19F2NO3.